The van der Waals surface area contributed by atoms with Crippen LogP contribution in [0.4, 0.5) is 5.69 Å². The van der Waals surface area contributed by atoms with E-state index in [0.717, 1.165) is 18.8 Å². The van der Waals surface area contributed by atoms with E-state index in [9.17, 15) is 4.79 Å². The Hall–Kier alpha value is -1.39. The van der Waals surface area contributed by atoms with Crippen molar-refractivity contribution in [3.8, 4) is 0 Å². The van der Waals surface area contributed by atoms with Crippen molar-refractivity contribution in [1.82, 2.24) is 0 Å². The second-order valence-corrected chi connectivity index (χ2v) is 6.42. The highest BCUT2D eigenvalue weighted by Gasteiger charge is 2.27. The fraction of sp³-hybridized carbons (Fsp3) is 0.588. The van der Waals surface area contributed by atoms with Crippen LogP contribution in [0.3, 0.4) is 0 Å². The molecule has 1 aromatic carbocycles. The number of carbonyl (C=O) groups is 1. The Kier molecular flexibility index (Phi) is 5.37. The molecule has 116 valence electrons. The molecule has 0 spiro atoms. The van der Waals surface area contributed by atoms with Gasteiger partial charge in [-0.1, -0.05) is 26.0 Å². The van der Waals surface area contributed by atoms with Gasteiger partial charge in [0, 0.05) is 5.69 Å². The molecule has 0 saturated carbocycles. The summed E-state index contributed by atoms with van der Waals surface area (Å²) in [7, 11) is 0. The molecule has 0 radical (unpaired) electrons. The van der Waals surface area contributed by atoms with E-state index in [0.29, 0.717) is 12.5 Å². The van der Waals surface area contributed by atoms with E-state index in [-0.39, 0.29) is 18.1 Å². The standard InChI is InChI=1S/C17H26N2O2/c1-12(2)15-5-7-16(8-6-15)18-17(20)11-19-9-13(3)21-14(4)10-19/h5-8,12-14H,9-11H2,1-4H3,(H,18,20)/p+1/t13-,14-/m1/s1. The Balaban J connectivity index is 1.86. The first-order valence-electron chi connectivity index (χ1n) is 7.83. The monoisotopic (exact) mass is 291 g/mol. The molecule has 0 unspecified atom stereocenters. The van der Waals surface area contributed by atoms with E-state index >= 15 is 0 Å². The Bertz CT molecular complexity index is 460. The molecule has 1 aliphatic heterocycles. The van der Waals surface area contributed by atoms with E-state index < -0.39 is 0 Å². The van der Waals surface area contributed by atoms with Gasteiger partial charge in [0.1, 0.15) is 25.3 Å². The first kappa shape index (κ1) is 16.0. The maximum atomic E-state index is 12.1. The molecule has 1 heterocycles. The maximum absolute atomic E-state index is 12.1. The zero-order chi connectivity index (χ0) is 15.4. The maximum Gasteiger partial charge on any atom is 0.279 e. The lowest BCUT2D eigenvalue weighted by molar-refractivity contribution is -0.907. The fourth-order valence-corrected chi connectivity index (χ4v) is 2.92. The SMILES string of the molecule is CC(C)c1ccc(NC(=O)C[NH+]2C[C@@H](C)O[C@H](C)C2)cc1. The molecule has 1 fully saturated rings. The number of morpholine rings is 1. The summed E-state index contributed by atoms with van der Waals surface area (Å²) < 4.78 is 5.70. The number of amides is 1. The Morgan fingerprint density at radius 1 is 1.24 bits per heavy atom. The van der Waals surface area contributed by atoms with Crippen molar-refractivity contribution in [2.45, 2.75) is 45.8 Å². The van der Waals surface area contributed by atoms with Gasteiger partial charge in [0.25, 0.3) is 5.91 Å². The highest BCUT2D eigenvalue weighted by molar-refractivity contribution is 5.91. The number of nitrogens with one attached hydrogen (secondary N) is 2. The van der Waals surface area contributed by atoms with E-state index in [1.54, 1.807) is 0 Å². The average Bonchev–Trinajstić information content (AvgIpc) is 2.37. The van der Waals surface area contributed by atoms with Gasteiger partial charge in [-0.2, -0.15) is 0 Å². The molecule has 1 saturated heterocycles. The van der Waals surface area contributed by atoms with Gasteiger partial charge in [-0.25, -0.2) is 0 Å². The molecule has 1 aromatic rings. The molecule has 2 atom stereocenters. The predicted molar refractivity (Wildman–Crippen MR) is 84.7 cm³/mol. The number of carbonyl (C=O) groups excluding carboxylic acids is 1. The summed E-state index contributed by atoms with van der Waals surface area (Å²) in [5.74, 6) is 0.583. The molecule has 1 aliphatic rings. The molecule has 1 amide bonds. The van der Waals surface area contributed by atoms with Gasteiger partial charge in [0.2, 0.25) is 0 Å². The second-order valence-electron chi connectivity index (χ2n) is 6.42. The normalized spacial score (nSPS) is 25.9. The van der Waals surface area contributed by atoms with Gasteiger partial charge < -0.3 is 15.0 Å². The lowest BCUT2D eigenvalue weighted by Crippen LogP contribution is -3.16. The summed E-state index contributed by atoms with van der Waals surface area (Å²) in [5.41, 5.74) is 2.16. The molecule has 0 aliphatic carbocycles. The van der Waals surface area contributed by atoms with Gasteiger partial charge in [-0.05, 0) is 37.5 Å². The number of benzene rings is 1. The van der Waals surface area contributed by atoms with E-state index in [4.69, 9.17) is 4.74 Å². The van der Waals surface area contributed by atoms with Gasteiger partial charge in [0.15, 0.2) is 6.54 Å². The van der Waals surface area contributed by atoms with Crippen molar-refractivity contribution in [1.29, 1.82) is 0 Å². The average molecular weight is 291 g/mol. The van der Waals surface area contributed by atoms with Crippen molar-refractivity contribution < 1.29 is 14.4 Å². The number of hydrogen-bond donors (Lipinski definition) is 2. The summed E-state index contributed by atoms with van der Waals surface area (Å²) in [4.78, 5) is 13.4. The fourth-order valence-electron chi connectivity index (χ4n) is 2.92. The first-order valence-corrected chi connectivity index (χ1v) is 7.83. The van der Waals surface area contributed by atoms with Crippen LogP contribution in [0.25, 0.3) is 0 Å². The van der Waals surface area contributed by atoms with Crippen LogP contribution >= 0.6 is 0 Å². The third-order valence-corrected chi connectivity index (χ3v) is 3.89. The number of hydrogen-bond acceptors (Lipinski definition) is 2. The minimum Gasteiger partial charge on any atom is -0.364 e. The summed E-state index contributed by atoms with van der Waals surface area (Å²) in [5, 5.41) is 2.98. The van der Waals surface area contributed by atoms with Crippen molar-refractivity contribution in [2.75, 3.05) is 25.0 Å². The Morgan fingerprint density at radius 3 is 2.33 bits per heavy atom. The molecule has 0 bridgehead atoms. The van der Waals surface area contributed by atoms with Crippen LogP contribution in [0, 0.1) is 0 Å². The lowest BCUT2D eigenvalue weighted by Gasteiger charge is -2.31. The van der Waals surface area contributed by atoms with Crippen LogP contribution in [0.5, 0.6) is 0 Å². The zero-order valence-electron chi connectivity index (χ0n) is 13.5. The zero-order valence-corrected chi connectivity index (χ0v) is 13.5. The van der Waals surface area contributed by atoms with Crippen molar-refractivity contribution in [3.63, 3.8) is 0 Å². The largest absolute Gasteiger partial charge is 0.364 e. The third kappa shape index (κ3) is 4.83. The van der Waals surface area contributed by atoms with Crippen LogP contribution in [-0.2, 0) is 9.53 Å². The minimum absolute atomic E-state index is 0.0728. The molecule has 4 nitrogen and oxygen atoms in total. The molecule has 0 aromatic heterocycles. The Labute approximate surface area is 127 Å². The summed E-state index contributed by atoms with van der Waals surface area (Å²) in [6, 6.07) is 8.11. The van der Waals surface area contributed by atoms with Crippen LogP contribution < -0.4 is 10.2 Å². The summed E-state index contributed by atoms with van der Waals surface area (Å²) >= 11 is 0. The molecule has 2 N–H and O–H groups in total. The second kappa shape index (κ2) is 7.05. The van der Waals surface area contributed by atoms with E-state index in [1.807, 2.05) is 12.1 Å². The summed E-state index contributed by atoms with van der Waals surface area (Å²) in [6.07, 6.45) is 0.448. The van der Waals surface area contributed by atoms with E-state index in [1.165, 1.54) is 10.5 Å². The number of ether oxygens (including phenoxy) is 1. The highest BCUT2D eigenvalue weighted by Crippen LogP contribution is 2.16. The van der Waals surface area contributed by atoms with Crippen LogP contribution in [0.2, 0.25) is 0 Å². The molecule has 2 rings (SSSR count). The third-order valence-electron chi connectivity index (χ3n) is 3.89. The number of quaternary nitrogens is 1. The van der Waals surface area contributed by atoms with Crippen molar-refractivity contribution >= 4 is 11.6 Å². The van der Waals surface area contributed by atoms with Crippen LogP contribution in [-0.4, -0.2) is 37.7 Å². The highest BCUT2D eigenvalue weighted by atomic mass is 16.5. The lowest BCUT2D eigenvalue weighted by atomic mass is 10.0. The Morgan fingerprint density at radius 2 is 1.81 bits per heavy atom. The molecule has 21 heavy (non-hydrogen) atoms. The summed E-state index contributed by atoms with van der Waals surface area (Å²) in [6.45, 7) is 10.8. The van der Waals surface area contributed by atoms with Gasteiger partial charge in [-0.3, -0.25) is 4.79 Å². The van der Waals surface area contributed by atoms with Crippen LogP contribution in [0.15, 0.2) is 24.3 Å². The van der Waals surface area contributed by atoms with Crippen LogP contribution in [0.1, 0.15) is 39.2 Å². The van der Waals surface area contributed by atoms with Gasteiger partial charge in [-0.15, -0.1) is 0 Å². The number of anilines is 1. The quantitative estimate of drug-likeness (QED) is 0.881. The predicted octanol–water partition coefficient (Wildman–Crippen LogP) is 1.44. The van der Waals surface area contributed by atoms with Crippen molar-refractivity contribution in [3.05, 3.63) is 29.8 Å². The smallest absolute Gasteiger partial charge is 0.279 e. The number of rotatable bonds is 4. The molecule has 4 heteroatoms. The molecular weight excluding hydrogens is 264 g/mol. The van der Waals surface area contributed by atoms with E-state index in [2.05, 4.69) is 45.1 Å². The topological polar surface area (TPSA) is 42.8 Å². The van der Waals surface area contributed by atoms with Gasteiger partial charge in [0.05, 0.1) is 0 Å². The molecular formula is C17H27N2O2+. The van der Waals surface area contributed by atoms with Gasteiger partial charge >= 0.3 is 0 Å². The van der Waals surface area contributed by atoms with Crippen molar-refractivity contribution in [2.24, 2.45) is 0 Å². The minimum atomic E-state index is 0.0728. The first-order chi connectivity index (χ1) is 9.94.